The minimum Gasteiger partial charge on any atom is -0.497 e. The standard InChI is InChI=1S/C69H77NO4/c1-8-12-18-47(10-3)45-68(46-48(11-4)19-13-9-2)62-23-17-14-20-55(62)56-34-24-49(42-63(56)68)44-67(5)61-22-16-15-21-58(61)64-60-43-54(72-7)33-35-57(60)66-59(65(64)67)36-37-69(74-66,51-27-31-53(71-6)32-28-51)50-25-29-52(30-26-50)70-38-40-73-41-39-70/h14-17,20-37,42-43,47-48H,8-13,18-19,38-41,44-46H2,1-7H3. The topological polar surface area (TPSA) is 40.2 Å². The molecular weight excluding hydrogens is 907 g/mol. The molecule has 7 aromatic rings. The molecule has 2 aliphatic carbocycles. The molecule has 0 amide bonds. The number of rotatable bonds is 19. The lowest BCUT2D eigenvalue weighted by Crippen LogP contribution is -2.37. The molecule has 0 bridgehead atoms. The summed E-state index contributed by atoms with van der Waals surface area (Å²) in [6.45, 7) is 15.3. The summed E-state index contributed by atoms with van der Waals surface area (Å²) in [5, 5.41) is 2.22. The zero-order valence-corrected chi connectivity index (χ0v) is 45.2. The minimum absolute atomic E-state index is 0.0369. The van der Waals surface area contributed by atoms with Crippen molar-refractivity contribution in [3.05, 3.63) is 184 Å². The Bertz CT molecular complexity index is 3150. The molecule has 1 fully saturated rings. The van der Waals surface area contributed by atoms with Gasteiger partial charge in [0.1, 0.15) is 17.2 Å². The fourth-order valence-corrected chi connectivity index (χ4v) is 14.1. The molecule has 0 spiro atoms. The summed E-state index contributed by atoms with van der Waals surface area (Å²) in [5.41, 5.74) is 15.7. The Morgan fingerprint density at radius 3 is 1.86 bits per heavy atom. The fourth-order valence-electron chi connectivity index (χ4n) is 14.1. The van der Waals surface area contributed by atoms with Crippen molar-refractivity contribution in [3.63, 3.8) is 0 Å². The lowest BCUT2D eigenvalue weighted by atomic mass is 9.64. The van der Waals surface area contributed by atoms with Crippen LogP contribution in [0, 0.1) is 11.8 Å². The van der Waals surface area contributed by atoms with E-state index in [-0.39, 0.29) is 5.41 Å². The van der Waals surface area contributed by atoms with Crippen LogP contribution in [0.25, 0.3) is 39.1 Å². The molecular formula is C69H77NO4. The number of nitrogens with zero attached hydrogens (tertiary/aromatic N) is 1. The summed E-state index contributed by atoms with van der Waals surface area (Å²) in [5.74, 6) is 3.88. The molecule has 0 saturated carbocycles. The van der Waals surface area contributed by atoms with Gasteiger partial charge in [0, 0.05) is 51.7 Å². The van der Waals surface area contributed by atoms with Gasteiger partial charge in [-0.05, 0) is 135 Å². The Morgan fingerprint density at radius 1 is 0.608 bits per heavy atom. The predicted molar refractivity (Wildman–Crippen MR) is 308 cm³/mol. The summed E-state index contributed by atoms with van der Waals surface area (Å²) in [7, 11) is 3.50. The van der Waals surface area contributed by atoms with Gasteiger partial charge in [-0.2, -0.15) is 0 Å². The lowest BCUT2D eigenvalue weighted by molar-refractivity contribution is 0.122. The second kappa shape index (κ2) is 20.8. The molecule has 4 aliphatic rings. The van der Waals surface area contributed by atoms with Gasteiger partial charge in [-0.3, -0.25) is 0 Å². The van der Waals surface area contributed by atoms with Crippen molar-refractivity contribution in [2.45, 2.75) is 122 Å². The first-order chi connectivity index (χ1) is 36.2. The van der Waals surface area contributed by atoms with Crippen molar-refractivity contribution >= 4 is 22.5 Å². The normalized spacial score (nSPS) is 21.0. The van der Waals surface area contributed by atoms with Gasteiger partial charge < -0.3 is 23.8 Å². The smallest absolute Gasteiger partial charge is 0.178 e. The number of anilines is 1. The Kier molecular flexibility index (Phi) is 14.0. The number of methoxy groups -OCH3 is 2. The van der Waals surface area contributed by atoms with Gasteiger partial charge in [0.05, 0.1) is 27.4 Å². The molecule has 0 radical (unpaired) electrons. The van der Waals surface area contributed by atoms with E-state index in [1.165, 1.54) is 109 Å². The average Bonchev–Trinajstić information content (AvgIpc) is 3.87. The average molecular weight is 984 g/mol. The van der Waals surface area contributed by atoms with Crippen LogP contribution in [0.15, 0.2) is 140 Å². The van der Waals surface area contributed by atoms with Gasteiger partial charge >= 0.3 is 0 Å². The lowest BCUT2D eigenvalue weighted by Gasteiger charge is -2.40. The Labute approximate surface area is 441 Å². The number of benzene rings is 7. The van der Waals surface area contributed by atoms with E-state index in [0.29, 0.717) is 11.8 Å². The minimum atomic E-state index is -0.926. The first-order valence-corrected chi connectivity index (χ1v) is 28.2. The van der Waals surface area contributed by atoms with Gasteiger partial charge in [-0.25, -0.2) is 0 Å². The molecule has 0 N–H and O–H groups in total. The van der Waals surface area contributed by atoms with Crippen molar-refractivity contribution < 1.29 is 18.9 Å². The van der Waals surface area contributed by atoms with Crippen molar-refractivity contribution in [1.82, 2.24) is 0 Å². The first kappa shape index (κ1) is 49.9. The third-order valence-corrected chi connectivity index (χ3v) is 18.0. The second-order valence-corrected chi connectivity index (χ2v) is 22.3. The largest absolute Gasteiger partial charge is 0.497 e. The van der Waals surface area contributed by atoms with Crippen LogP contribution in [-0.4, -0.2) is 40.5 Å². The summed E-state index contributed by atoms with van der Waals surface area (Å²) in [6.07, 6.45) is 18.1. The third-order valence-electron chi connectivity index (χ3n) is 18.0. The second-order valence-electron chi connectivity index (χ2n) is 22.3. The molecule has 2 heterocycles. The number of ether oxygens (including phenoxy) is 4. The Hall–Kier alpha value is -6.30. The maximum absolute atomic E-state index is 7.88. The van der Waals surface area contributed by atoms with E-state index in [2.05, 4.69) is 185 Å². The molecule has 382 valence electrons. The predicted octanol–water partition coefficient (Wildman–Crippen LogP) is 17.1. The van der Waals surface area contributed by atoms with E-state index in [9.17, 15) is 0 Å². The van der Waals surface area contributed by atoms with Gasteiger partial charge in [0.2, 0.25) is 0 Å². The number of hydrogen-bond acceptors (Lipinski definition) is 5. The molecule has 5 nitrogen and oxygen atoms in total. The highest BCUT2D eigenvalue weighted by molar-refractivity contribution is 6.09. The number of hydrogen-bond donors (Lipinski definition) is 0. The molecule has 74 heavy (non-hydrogen) atoms. The third kappa shape index (κ3) is 8.52. The number of morpholine rings is 1. The first-order valence-electron chi connectivity index (χ1n) is 28.2. The maximum Gasteiger partial charge on any atom is 0.178 e. The van der Waals surface area contributed by atoms with Gasteiger partial charge in [-0.15, -0.1) is 0 Å². The van der Waals surface area contributed by atoms with Crippen molar-refractivity contribution in [2.75, 3.05) is 45.4 Å². The Morgan fingerprint density at radius 2 is 1.22 bits per heavy atom. The van der Waals surface area contributed by atoms with Crippen LogP contribution in [0.4, 0.5) is 5.69 Å². The number of fused-ring (bicyclic) bond motifs is 11. The summed E-state index contributed by atoms with van der Waals surface area (Å²) >= 11 is 0. The highest BCUT2D eigenvalue weighted by atomic mass is 16.5. The van der Waals surface area contributed by atoms with Crippen molar-refractivity contribution in [3.8, 4) is 39.5 Å². The molecule has 11 rings (SSSR count). The molecule has 5 heteroatoms. The van der Waals surface area contributed by atoms with Crippen LogP contribution in [0.3, 0.4) is 0 Å². The van der Waals surface area contributed by atoms with Crippen LogP contribution in [0.1, 0.15) is 143 Å². The monoisotopic (exact) mass is 984 g/mol. The molecule has 4 unspecified atom stereocenters. The molecule has 1 saturated heterocycles. The molecule has 4 atom stereocenters. The number of unbranched alkanes of at least 4 members (excludes halogenated alkanes) is 2. The van der Waals surface area contributed by atoms with Crippen LogP contribution in [0.2, 0.25) is 0 Å². The van der Waals surface area contributed by atoms with E-state index in [0.717, 1.165) is 77.4 Å². The summed E-state index contributed by atoms with van der Waals surface area (Å²) in [4.78, 5) is 2.41. The molecule has 2 aliphatic heterocycles. The summed E-state index contributed by atoms with van der Waals surface area (Å²) in [6, 6.07) is 50.4. The zero-order valence-electron chi connectivity index (χ0n) is 45.2. The van der Waals surface area contributed by atoms with Gasteiger partial charge in [0.15, 0.2) is 5.60 Å². The molecule has 0 aromatic heterocycles. The van der Waals surface area contributed by atoms with E-state index < -0.39 is 11.0 Å². The van der Waals surface area contributed by atoms with E-state index >= 15 is 0 Å². The van der Waals surface area contributed by atoms with Crippen molar-refractivity contribution in [1.29, 1.82) is 0 Å². The highest BCUT2D eigenvalue weighted by Gasteiger charge is 2.49. The van der Waals surface area contributed by atoms with Crippen molar-refractivity contribution in [2.24, 2.45) is 11.8 Å². The van der Waals surface area contributed by atoms with Crippen LogP contribution < -0.4 is 19.1 Å². The highest BCUT2D eigenvalue weighted by Crippen LogP contribution is 2.61. The van der Waals surface area contributed by atoms with Crippen LogP contribution in [0.5, 0.6) is 17.2 Å². The van der Waals surface area contributed by atoms with E-state index in [4.69, 9.17) is 18.9 Å². The maximum atomic E-state index is 7.88. The zero-order chi connectivity index (χ0) is 51.0. The Balaban J connectivity index is 1.09. The van der Waals surface area contributed by atoms with Gasteiger partial charge in [0.25, 0.3) is 0 Å². The van der Waals surface area contributed by atoms with Gasteiger partial charge in [-0.1, -0.05) is 183 Å². The van der Waals surface area contributed by atoms with Crippen LogP contribution in [-0.2, 0) is 27.6 Å². The van der Waals surface area contributed by atoms with Crippen LogP contribution >= 0.6 is 0 Å². The quantitative estimate of drug-likeness (QED) is 0.0807. The molecule has 7 aromatic carbocycles. The van der Waals surface area contributed by atoms with E-state index in [1.54, 1.807) is 25.3 Å². The van der Waals surface area contributed by atoms with E-state index in [1.807, 2.05) is 0 Å². The fraction of sp³-hybridized carbons (Fsp3) is 0.391. The SMILES string of the molecule is CCCCC(CC)CC1(CC(CC)CCCC)c2ccccc2-c2ccc(CC3(C)c4ccccc4-c4c3c3c(c5ccc(OC)cc45)OC(c4ccc(OC)cc4)(c4ccc(N5CCOCC5)cc4)C=C3)cc21. The summed E-state index contributed by atoms with van der Waals surface area (Å²) < 4.78 is 25.3.